The monoisotopic (exact) mass is 368 g/mol. The van der Waals surface area contributed by atoms with E-state index in [1.807, 2.05) is 20.8 Å². The summed E-state index contributed by atoms with van der Waals surface area (Å²) >= 11 is 0. The molecule has 0 unspecified atom stereocenters. The number of amides is 2. The number of fused-ring (bicyclic) bond motifs is 1. The molecule has 26 heavy (non-hydrogen) atoms. The van der Waals surface area contributed by atoms with Gasteiger partial charge in [-0.05, 0) is 23.7 Å². The molecule has 1 saturated heterocycles. The Morgan fingerprint density at radius 3 is 2.23 bits per heavy atom. The summed E-state index contributed by atoms with van der Waals surface area (Å²) in [5, 5.41) is 2.80. The second-order valence-electron chi connectivity index (χ2n) is 9.10. The van der Waals surface area contributed by atoms with Gasteiger partial charge in [0, 0.05) is 19.6 Å². The van der Waals surface area contributed by atoms with Crippen LogP contribution in [0.2, 0.25) is 0 Å². The number of likely N-dealkylation sites (tertiary alicyclic amines) is 1. The minimum atomic E-state index is -0.750. The van der Waals surface area contributed by atoms with Crippen LogP contribution in [0.1, 0.15) is 41.5 Å². The van der Waals surface area contributed by atoms with E-state index in [1.165, 1.54) is 14.2 Å². The van der Waals surface area contributed by atoms with Crippen molar-refractivity contribution < 1.29 is 23.9 Å². The highest BCUT2D eigenvalue weighted by molar-refractivity contribution is 5.93. The molecule has 2 rings (SSSR count). The molecule has 2 amide bonds. The smallest absolute Gasteiger partial charge is 0.328 e. The van der Waals surface area contributed by atoms with Gasteiger partial charge in [-0.3, -0.25) is 9.59 Å². The molecule has 1 N–H and O–H groups in total. The summed E-state index contributed by atoms with van der Waals surface area (Å²) in [7, 11) is 2.79. The first-order valence-corrected chi connectivity index (χ1v) is 9.09. The van der Waals surface area contributed by atoms with E-state index in [0.717, 1.165) is 0 Å². The van der Waals surface area contributed by atoms with Gasteiger partial charge in [-0.1, -0.05) is 34.6 Å². The number of hydrogen-bond acceptors (Lipinski definition) is 5. The van der Waals surface area contributed by atoms with Crippen LogP contribution in [0, 0.1) is 22.7 Å². The highest BCUT2D eigenvalue weighted by Gasteiger charge is 2.70. The molecule has 2 fully saturated rings. The number of piperidine rings is 1. The first kappa shape index (κ1) is 20.7. The summed E-state index contributed by atoms with van der Waals surface area (Å²) in [6, 6.07) is -1.34. The molecule has 0 radical (unpaired) electrons. The molecule has 2 aliphatic rings. The maximum absolute atomic E-state index is 13.3. The fraction of sp³-hybridized carbons (Fsp3) is 0.842. The van der Waals surface area contributed by atoms with E-state index >= 15 is 0 Å². The quantitative estimate of drug-likeness (QED) is 0.737. The lowest BCUT2D eigenvalue weighted by Crippen LogP contribution is -2.59. The van der Waals surface area contributed by atoms with Gasteiger partial charge in [-0.15, -0.1) is 0 Å². The van der Waals surface area contributed by atoms with Gasteiger partial charge in [0.15, 0.2) is 0 Å². The zero-order valence-electron chi connectivity index (χ0n) is 17.1. The van der Waals surface area contributed by atoms with E-state index in [-0.39, 0.29) is 35.0 Å². The van der Waals surface area contributed by atoms with E-state index < -0.39 is 23.6 Å². The SMILES string of the molecule is COC(=O)[C@@H]1[C@@H]2[C@H](CN1C(=O)[C@@H](NC(=O)[C@@H](C)OC)C(C)(C)C)C2(C)C. The summed E-state index contributed by atoms with van der Waals surface area (Å²) in [5.74, 6) is -0.591. The van der Waals surface area contributed by atoms with Crippen LogP contribution < -0.4 is 5.32 Å². The number of rotatable bonds is 5. The van der Waals surface area contributed by atoms with Gasteiger partial charge < -0.3 is 19.7 Å². The van der Waals surface area contributed by atoms with Crippen LogP contribution in [0.25, 0.3) is 0 Å². The fourth-order valence-electron chi connectivity index (χ4n) is 4.08. The predicted octanol–water partition coefficient (Wildman–Crippen LogP) is 1.21. The Bertz CT molecular complexity index is 595. The lowest BCUT2D eigenvalue weighted by Gasteiger charge is -2.37. The number of carbonyl (C=O) groups is 3. The van der Waals surface area contributed by atoms with Crippen LogP contribution in [0.3, 0.4) is 0 Å². The summed E-state index contributed by atoms with van der Waals surface area (Å²) in [6.07, 6.45) is -0.657. The number of ether oxygens (including phenoxy) is 2. The third kappa shape index (κ3) is 3.46. The van der Waals surface area contributed by atoms with Crippen molar-refractivity contribution in [1.82, 2.24) is 10.2 Å². The molecule has 0 aromatic heterocycles. The van der Waals surface area contributed by atoms with Gasteiger partial charge >= 0.3 is 5.97 Å². The Labute approximate surface area is 155 Å². The fourth-order valence-corrected chi connectivity index (χ4v) is 4.08. The lowest BCUT2D eigenvalue weighted by atomic mass is 9.85. The molecule has 1 aliphatic carbocycles. The van der Waals surface area contributed by atoms with Gasteiger partial charge in [0.2, 0.25) is 11.8 Å². The van der Waals surface area contributed by atoms with Crippen LogP contribution in [-0.2, 0) is 23.9 Å². The molecule has 0 aromatic carbocycles. The maximum Gasteiger partial charge on any atom is 0.328 e. The second-order valence-corrected chi connectivity index (χ2v) is 9.10. The molecule has 7 heteroatoms. The van der Waals surface area contributed by atoms with Crippen molar-refractivity contribution in [3.63, 3.8) is 0 Å². The average molecular weight is 368 g/mol. The zero-order valence-corrected chi connectivity index (χ0v) is 17.1. The number of nitrogens with one attached hydrogen (secondary N) is 1. The zero-order chi connectivity index (χ0) is 20.0. The van der Waals surface area contributed by atoms with E-state index in [0.29, 0.717) is 6.54 Å². The van der Waals surface area contributed by atoms with Crippen molar-refractivity contribution in [2.24, 2.45) is 22.7 Å². The molecule has 1 saturated carbocycles. The molecule has 0 spiro atoms. The normalized spacial score (nSPS) is 28.8. The molecule has 148 valence electrons. The van der Waals surface area contributed by atoms with Crippen LogP contribution in [0.15, 0.2) is 0 Å². The van der Waals surface area contributed by atoms with E-state index in [4.69, 9.17) is 9.47 Å². The minimum Gasteiger partial charge on any atom is -0.467 e. The van der Waals surface area contributed by atoms with Crippen molar-refractivity contribution in [2.75, 3.05) is 20.8 Å². The maximum atomic E-state index is 13.3. The average Bonchev–Trinajstić information content (AvgIpc) is 2.92. The Hall–Kier alpha value is -1.63. The lowest BCUT2D eigenvalue weighted by molar-refractivity contribution is -0.155. The summed E-state index contributed by atoms with van der Waals surface area (Å²) in [5.41, 5.74) is -0.482. The first-order chi connectivity index (χ1) is 11.9. The molecule has 0 aromatic rings. The third-order valence-corrected chi connectivity index (χ3v) is 6.06. The van der Waals surface area contributed by atoms with Crippen molar-refractivity contribution >= 4 is 17.8 Å². The van der Waals surface area contributed by atoms with E-state index in [2.05, 4.69) is 19.2 Å². The molecular formula is C19H32N2O5. The molecule has 1 heterocycles. The summed E-state index contributed by atoms with van der Waals surface area (Å²) in [6.45, 7) is 12.0. The third-order valence-electron chi connectivity index (χ3n) is 6.06. The van der Waals surface area contributed by atoms with Gasteiger partial charge in [-0.2, -0.15) is 0 Å². The van der Waals surface area contributed by atoms with Crippen LogP contribution in [0.4, 0.5) is 0 Å². The number of nitrogens with zero attached hydrogens (tertiary/aromatic N) is 1. The molecule has 5 atom stereocenters. The van der Waals surface area contributed by atoms with Crippen molar-refractivity contribution in [2.45, 2.75) is 59.7 Å². The summed E-state index contributed by atoms with van der Waals surface area (Å²) < 4.78 is 10.0. The topological polar surface area (TPSA) is 84.9 Å². The number of carbonyl (C=O) groups excluding carboxylic acids is 3. The molecule has 0 bridgehead atoms. The molecule has 7 nitrogen and oxygen atoms in total. The molecule has 1 aliphatic heterocycles. The Kier molecular flexibility index (Phi) is 5.43. The highest BCUT2D eigenvalue weighted by atomic mass is 16.5. The minimum absolute atomic E-state index is 0.0285. The molecular weight excluding hydrogens is 336 g/mol. The number of hydrogen-bond donors (Lipinski definition) is 1. The summed E-state index contributed by atoms with van der Waals surface area (Å²) in [4.78, 5) is 39.6. The Morgan fingerprint density at radius 1 is 1.19 bits per heavy atom. The Morgan fingerprint density at radius 2 is 1.77 bits per heavy atom. The van der Waals surface area contributed by atoms with Crippen molar-refractivity contribution in [3.8, 4) is 0 Å². The van der Waals surface area contributed by atoms with Gasteiger partial charge in [0.25, 0.3) is 0 Å². The standard InChI is InChI=1S/C19H32N2O5/c1-10(25-7)15(22)20-14(18(2,3)4)16(23)21-9-11-12(19(11,5)6)13(21)17(24)26-8/h10-14H,9H2,1-8H3,(H,20,22)/t10-,11+,12+,13+,14-/m1/s1. The predicted molar refractivity (Wildman–Crippen MR) is 96.1 cm³/mol. The van der Waals surface area contributed by atoms with Crippen LogP contribution in [0.5, 0.6) is 0 Å². The first-order valence-electron chi connectivity index (χ1n) is 9.09. The number of esters is 1. The van der Waals surface area contributed by atoms with E-state index in [1.54, 1.807) is 11.8 Å². The van der Waals surface area contributed by atoms with Crippen molar-refractivity contribution in [1.29, 1.82) is 0 Å². The second kappa shape index (κ2) is 6.83. The highest BCUT2D eigenvalue weighted by Crippen LogP contribution is 2.65. The van der Waals surface area contributed by atoms with Crippen molar-refractivity contribution in [3.05, 3.63) is 0 Å². The largest absolute Gasteiger partial charge is 0.467 e. The van der Waals surface area contributed by atoms with Gasteiger partial charge in [0.05, 0.1) is 7.11 Å². The van der Waals surface area contributed by atoms with E-state index in [9.17, 15) is 14.4 Å². The number of methoxy groups -OCH3 is 2. The Balaban J connectivity index is 2.25. The van der Waals surface area contributed by atoms with Gasteiger partial charge in [0.1, 0.15) is 18.2 Å². The van der Waals surface area contributed by atoms with Gasteiger partial charge in [-0.25, -0.2) is 4.79 Å². The van der Waals surface area contributed by atoms with Crippen LogP contribution >= 0.6 is 0 Å². The van der Waals surface area contributed by atoms with Crippen LogP contribution in [-0.4, -0.2) is 61.6 Å².